The van der Waals surface area contributed by atoms with Crippen LogP contribution in [0.25, 0.3) is 10.2 Å². The Morgan fingerprint density at radius 3 is 2.72 bits per heavy atom. The SMILES string of the molecule is Cc1cc(C)c2nc(N(Cc3cccnc3)C(=O)c3ccc(N4CCOCC4)c([N+](=O)[O-])c3)sc2c1. The first kappa shape index (κ1) is 23.8. The van der Waals surface area contributed by atoms with Crippen molar-refractivity contribution < 1.29 is 14.5 Å². The maximum Gasteiger partial charge on any atom is 0.293 e. The van der Waals surface area contributed by atoms with E-state index in [2.05, 4.69) is 17.1 Å². The van der Waals surface area contributed by atoms with Crippen LogP contribution >= 0.6 is 11.3 Å². The van der Waals surface area contributed by atoms with Gasteiger partial charge in [-0.1, -0.05) is 23.5 Å². The normalized spacial score (nSPS) is 13.7. The molecule has 4 aromatic rings. The van der Waals surface area contributed by atoms with Crippen LogP contribution in [-0.4, -0.2) is 47.1 Å². The second-order valence-corrected chi connectivity index (χ2v) is 9.75. The summed E-state index contributed by atoms with van der Waals surface area (Å²) in [6.07, 6.45) is 3.38. The number of rotatable bonds is 6. The summed E-state index contributed by atoms with van der Waals surface area (Å²) in [5.41, 5.74) is 4.46. The van der Waals surface area contributed by atoms with Crippen LogP contribution in [0.4, 0.5) is 16.5 Å². The average molecular weight is 504 g/mol. The van der Waals surface area contributed by atoms with E-state index in [0.29, 0.717) is 37.1 Å². The second-order valence-electron chi connectivity index (χ2n) is 8.74. The fourth-order valence-electron chi connectivity index (χ4n) is 4.41. The molecular weight excluding hydrogens is 478 g/mol. The smallest absolute Gasteiger partial charge is 0.293 e. The van der Waals surface area contributed by atoms with E-state index in [1.165, 1.54) is 17.4 Å². The lowest BCUT2D eigenvalue weighted by molar-refractivity contribution is -0.384. The Labute approximate surface area is 212 Å². The number of fused-ring (bicyclic) bond motifs is 1. The molecule has 0 aliphatic carbocycles. The molecule has 1 aliphatic heterocycles. The maximum atomic E-state index is 13.9. The number of hydrogen-bond donors (Lipinski definition) is 0. The number of nitrogens with zero attached hydrogens (tertiary/aromatic N) is 5. The molecule has 1 aliphatic rings. The third kappa shape index (κ3) is 4.77. The van der Waals surface area contributed by atoms with Crippen LogP contribution in [0, 0.1) is 24.0 Å². The van der Waals surface area contributed by atoms with Crippen molar-refractivity contribution >= 4 is 44.0 Å². The first-order valence-corrected chi connectivity index (χ1v) is 12.4. The number of carbonyl (C=O) groups excluding carboxylic acids is 1. The van der Waals surface area contributed by atoms with E-state index in [0.717, 1.165) is 26.9 Å². The number of hydrogen-bond acceptors (Lipinski definition) is 8. The number of nitro groups is 1. The molecule has 0 N–H and O–H groups in total. The number of ether oxygens (including phenoxy) is 1. The van der Waals surface area contributed by atoms with Crippen LogP contribution in [0.15, 0.2) is 54.9 Å². The zero-order valence-electron chi connectivity index (χ0n) is 20.0. The van der Waals surface area contributed by atoms with Crippen LogP contribution in [0.2, 0.25) is 0 Å². The Hall–Kier alpha value is -3.89. The van der Waals surface area contributed by atoms with Gasteiger partial charge in [0, 0.05) is 37.1 Å². The lowest BCUT2D eigenvalue weighted by Gasteiger charge is -2.28. The Morgan fingerprint density at radius 1 is 1.19 bits per heavy atom. The zero-order valence-corrected chi connectivity index (χ0v) is 20.8. The minimum atomic E-state index is -0.434. The molecule has 5 rings (SSSR count). The Balaban J connectivity index is 1.56. The van der Waals surface area contributed by atoms with Gasteiger partial charge in [-0.05, 0) is 54.8 Å². The molecule has 2 aromatic carbocycles. The van der Waals surface area contributed by atoms with Crippen LogP contribution in [0.1, 0.15) is 27.0 Å². The fourth-order valence-corrected chi connectivity index (χ4v) is 5.54. The van der Waals surface area contributed by atoms with Gasteiger partial charge in [-0.2, -0.15) is 0 Å². The average Bonchev–Trinajstić information content (AvgIpc) is 3.32. The fraction of sp³-hybridized carbons (Fsp3) is 0.269. The van der Waals surface area contributed by atoms with Crippen molar-refractivity contribution in [1.29, 1.82) is 0 Å². The molecule has 9 nitrogen and oxygen atoms in total. The van der Waals surface area contributed by atoms with Gasteiger partial charge in [0.05, 0.1) is 34.9 Å². The third-order valence-electron chi connectivity index (χ3n) is 6.13. The number of pyridine rings is 1. The zero-order chi connectivity index (χ0) is 25.2. The molecule has 0 bridgehead atoms. The molecular formula is C26H25N5O4S. The van der Waals surface area contributed by atoms with Crippen molar-refractivity contribution in [2.45, 2.75) is 20.4 Å². The van der Waals surface area contributed by atoms with E-state index in [4.69, 9.17) is 9.72 Å². The van der Waals surface area contributed by atoms with Crippen LogP contribution in [0.5, 0.6) is 0 Å². The summed E-state index contributed by atoms with van der Waals surface area (Å²) in [5.74, 6) is -0.357. The van der Waals surface area contributed by atoms with Gasteiger partial charge in [0.2, 0.25) is 0 Å². The summed E-state index contributed by atoms with van der Waals surface area (Å²) in [4.78, 5) is 37.8. The summed E-state index contributed by atoms with van der Waals surface area (Å²) in [6, 6.07) is 12.5. The molecule has 0 spiro atoms. The molecule has 0 unspecified atom stereocenters. The quantitative estimate of drug-likeness (QED) is 0.272. The van der Waals surface area contributed by atoms with Crippen LogP contribution < -0.4 is 9.80 Å². The molecule has 2 aromatic heterocycles. The molecule has 184 valence electrons. The topological polar surface area (TPSA) is 102 Å². The lowest BCUT2D eigenvalue weighted by atomic mass is 10.1. The van der Waals surface area contributed by atoms with Gasteiger partial charge < -0.3 is 9.64 Å². The van der Waals surface area contributed by atoms with Crippen LogP contribution in [-0.2, 0) is 11.3 Å². The van der Waals surface area contributed by atoms with Gasteiger partial charge in [0.15, 0.2) is 5.13 Å². The van der Waals surface area contributed by atoms with Crippen molar-refractivity contribution in [2.75, 3.05) is 36.1 Å². The Bertz CT molecular complexity index is 1430. The molecule has 0 radical (unpaired) electrons. The van der Waals surface area contributed by atoms with E-state index in [-0.39, 0.29) is 23.7 Å². The molecule has 1 saturated heterocycles. The number of carbonyl (C=O) groups is 1. The van der Waals surface area contributed by atoms with Gasteiger partial charge in [-0.25, -0.2) is 4.98 Å². The monoisotopic (exact) mass is 503 g/mol. The minimum absolute atomic E-state index is 0.0974. The van der Waals surface area contributed by atoms with Crippen molar-refractivity contribution in [1.82, 2.24) is 9.97 Å². The van der Waals surface area contributed by atoms with E-state index in [9.17, 15) is 14.9 Å². The minimum Gasteiger partial charge on any atom is -0.378 e. The number of amides is 1. The Kier molecular flexibility index (Phi) is 6.62. The molecule has 10 heteroatoms. The number of anilines is 2. The highest BCUT2D eigenvalue weighted by atomic mass is 32.1. The van der Waals surface area contributed by atoms with Gasteiger partial charge in [0.25, 0.3) is 11.6 Å². The van der Waals surface area contributed by atoms with Crippen molar-refractivity contribution in [3.63, 3.8) is 0 Å². The van der Waals surface area contributed by atoms with Crippen LogP contribution in [0.3, 0.4) is 0 Å². The molecule has 36 heavy (non-hydrogen) atoms. The van der Waals surface area contributed by atoms with Gasteiger partial charge in [-0.15, -0.1) is 0 Å². The summed E-state index contributed by atoms with van der Waals surface area (Å²) >= 11 is 1.43. The molecule has 3 heterocycles. The summed E-state index contributed by atoms with van der Waals surface area (Å²) in [6.45, 7) is 6.40. The standard InChI is InChI=1S/C26H25N5O4S/c1-17-12-18(2)24-23(13-17)36-26(28-24)30(16-19-4-3-7-27-15-19)25(32)20-5-6-21(22(14-20)31(33)34)29-8-10-35-11-9-29/h3-7,12-15H,8-11,16H2,1-2H3. The number of morpholine rings is 1. The number of aryl methyl sites for hydroxylation is 2. The van der Waals surface area contributed by atoms with Crippen molar-refractivity contribution in [3.8, 4) is 0 Å². The molecule has 0 saturated carbocycles. The predicted molar refractivity (Wildman–Crippen MR) is 140 cm³/mol. The summed E-state index contributed by atoms with van der Waals surface area (Å²) in [5, 5.41) is 12.5. The maximum absolute atomic E-state index is 13.9. The number of nitro benzene ring substituents is 1. The highest BCUT2D eigenvalue weighted by Gasteiger charge is 2.27. The lowest BCUT2D eigenvalue weighted by Crippen LogP contribution is -2.36. The van der Waals surface area contributed by atoms with Gasteiger partial charge in [0.1, 0.15) is 5.69 Å². The number of thiazole rings is 1. The first-order chi connectivity index (χ1) is 17.4. The Morgan fingerprint density at radius 2 is 2.00 bits per heavy atom. The van der Waals surface area contributed by atoms with E-state index in [1.807, 2.05) is 30.9 Å². The van der Waals surface area contributed by atoms with E-state index in [1.54, 1.807) is 29.4 Å². The summed E-state index contributed by atoms with van der Waals surface area (Å²) < 4.78 is 6.36. The van der Waals surface area contributed by atoms with Gasteiger partial charge in [-0.3, -0.25) is 24.8 Å². The summed E-state index contributed by atoms with van der Waals surface area (Å²) in [7, 11) is 0. The highest BCUT2D eigenvalue weighted by molar-refractivity contribution is 7.22. The highest BCUT2D eigenvalue weighted by Crippen LogP contribution is 2.35. The largest absolute Gasteiger partial charge is 0.378 e. The second kappa shape index (κ2) is 10.00. The van der Waals surface area contributed by atoms with Crippen molar-refractivity contribution in [2.24, 2.45) is 0 Å². The molecule has 0 atom stereocenters. The van der Waals surface area contributed by atoms with E-state index < -0.39 is 4.92 Å². The first-order valence-electron chi connectivity index (χ1n) is 11.6. The van der Waals surface area contributed by atoms with Gasteiger partial charge >= 0.3 is 0 Å². The number of aromatic nitrogens is 2. The van der Waals surface area contributed by atoms with Crippen molar-refractivity contribution in [3.05, 3.63) is 87.2 Å². The molecule has 1 fully saturated rings. The third-order valence-corrected chi connectivity index (χ3v) is 7.15. The molecule has 1 amide bonds. The number of benzene rings is 2. The predicted octanol–water partition coefficient (Wildman–Crippen LogP) is 4.90. The van der Waals surface area contributed by atoms with E-state index >= 15 is 0 Å².